The molecule has 7 heteroatoms. The fourth-order valence-corrected chi connectivity index (χ4v) is 3.98. The molecule has 2 heterocycles. The second-order valence-electron chi connectivity index (χ2n) is 6.06. The predicted octanol–water partition coefficient (Wildman–Crippen LogP) is 2.57. The summed E-state index contributed by atoms with van der Waals surface area (Å²) in [6.07, 6.45) is 0. The average molecular weight is 361 g/mol. The SMILES string of the molecule is COc1ccc(-c2nc(C)c(C(=O)N3CCNCC3C)s2)cc1OC. The summed E-state index contributed by atoms with van der Waals surface area (Å²) in [4.78, 5) is 20.2. The van der Waals surface area contributed by atoms with Crippen LogP contribution in [0.4, 0.5) is 0 Å². The van der Waals surface area contributed by atoms with Crippen LogP contribution in [0.1, 0.15) is 22.3 Å². The molecule has 25 heavy (non-hydrogen) atoms. The first-order valence-corrected chi connectivity index (χ1v) is 9.08. The van der Waals surface area contributed by atoms with Gasteiger partial charge in [-0.05, 0) is 32.0 Å². The van der Waals surface area contributed by atoms with E-state index in [0.717, 1.165) is 35.9 Å². The van der Waals surface area contributed by atoms with Crippen molar-refractivity contribution in [3.63, 3.8) is 0 Å². The van der Waals surface area contributed by atoms with Crippen molar-refractivity contribution in [1.29, 1.82) is 0 Å². The first kappa shape index (κ1) is 17.7. The standard InChI is InChI=1S/C18H23N3O3S/c1-11-10-19-7-8-21(11)18(22)16-12(2)20-17(25-16)13-5-6-14(23-3)15(9-13)24-4/h5-6,9,11,19H,7-8,10H2,1-4H3. The molecular formula is C18H23N3O3S. The topological polar surface area (TPSA) is 63.7 Å². The van der Waals surface area contributed by atoms with Crippen LogP contribution in [0.2, 0.25) is 0 Å². The van der Waals surface area contributed by atoms with E-state index < -0.39 is 0 Å². The van der Waals surface area contributed by atoms with Crippen molar-refractivity contribution >= 4 is 17.2 Å². The third-order valence-corrected chi connectivity index (χ3v) is 5.58. The molecule has 1 aliphatic heterocycles. The Morgan fingerprint density at radius 3 is 2.76 bits per heavy atom. The molecule has 1 fully saturated rings. The fraction of sp³-hybridized carbons (Fsp3) is 0.444. The summed E-state index contributed by atoms with van der Waals surface area (Å²) in [5.41, 5.74) is 1.68. The number of benzene rings is 1. The molecule has 1 aliphatic rings. The summed E-state index contributed by atoms with van der Waals surface area (Å²) in [5, 5.41) is 4.12. The minimum atomic E-state index is 0.0655. The largest absolute Gasteiger partial charge is 0.493 e. The molecule has 134 valence electrons. The number of ether oxygens (including phenoxy) is 2. The van der Waals surface area contributed by atoms with E-state index >= 15 is 0 Å². The number of thiazole rings is 1. The van der Waals surface area contributed by atoms with Gasteiger partial charge in [0.25, 0.3) is 5.91 Å². The molecule has 0 radical (unpaired) electrons. The van der Waals surface area contributed by atoms with E-state index in [9.17, 15) is 4.79 Å². The Hall–Kier alpha value is -2.12. The molecule has 1 amide bonds. The highest BCUT2D eigenvalue weighted by Gasteiger charge is 2.27. The second kappa shape index (κ2) is 7.41. The smallest absolute Gasteiger partial charge is 0.266 e. The number of amides is 1. The van der Waals surface area contributed by atoms with Crippen LogP contribution in [0.3, 0.4) is 0 Å². The lowest BCUT2D eigenvalue weighted by Gasteiger charge is -2.33. The Balaban J connectivity index is 1.91. The van der Waals surface area contributed by atoms with Gasteiger partial charge in [-0.2, -0.15) is 0 Å². The van der Waals surface area contributed by atoms with E-state index in [1.54, 1.807) is 14.2 Å². The van der Waals surface area contributed by atoms with E-state index in [1.165, 1.54) is 11.3 Å². The molecule has 1 saturated heterocycles. The first-order chi connectivity index (χ1) is 12.0. The molecule has 0 aliphatic carbocycles. The van der Waals surface area contributed by atoms with E-state index in [1.807, 2.05) is 30.0 Å². The molecule has 2 aromatic rings. The van der Waals surface area contributed by atoms with Gasteiger partial charge in [0, 0.05) is 31.2 Å². The molecular weight excluding hydrogens is 338 g/mol. The maximum atomic E-state index is 12.9. The van der Waals surface area contributed by atoms with E-state index in [0.29, 0.717) is 16.4 Å². The number of nitrogens with one attached hydrogen (secondary N) is 1. The minimum Gasteiger partial charge on any atom is -0.493 e. The summed E-state index contributed by atoms with van der Waals surface area (Å²) >= 11 is 1.43. The Morgan fingerprint density at radius 1 is 1.32 bits per heavy atom. The van der Waals surface area contributed by atoms with Crippen LogP contribution >= 0.6 is 11.3 Å². The molecule has 1 unspecified atom stereocenters. The van der Waals surface area contributed by atoms with Crippen molar-refractivity contribution < 1.29 is 14.3 Å². The predicted molar refractivity (Wildman–Crippen MR) is 98.8 cm³/mol. The molecule has 6 nitrogen and oxygen atoms in total. The number of carbonyl (C=O) groups excluding carboxylic acids is 1. The van der Waals surface area contributed by atoms with Crippen LogP contribution < -0.4 is 14.8 Å². The zero-order valence-electron chi connectivity index (χ0n) is 15.0. The lowest BCUT2D eigenvalue weighted by molar-refractivity contribution is 0.0660. The number of carbonyl (C=O) groups is 1. The highest BCUT2D eigenvalue weighted by atomic mass is 32.1. The zero-order valence-corrected chi connectivity index (χ0v) is 15.8. The molecule has 0 saturated carbocycles. The van der Waals surface area contributed by atoms with E-state index in [4.69, 9.17) is 9.47 Å². The zero-order chi connectivity index (χ0) is 18.0. The minimum absolute atomic E-state index is 0.0655. The third-order valence-electron chi connectivity index (χ3n) is 4.38. The lowest BCUT2D eigenvalue weighted by Crippen LogP contribution is -2.52. The Labute approximate surface area is 151 Å². The number of aromatic nitrogens is 1. The number of hydrogen-bond acceptors (Lipinski definition) is 6. The number of piperazine rings is 1. The van der Waals surface area contributed by atoms with Crippen LogP contribution in [-0.2, 0) is 0 Å². The highest BCUT2D eigenvalue weighted by Crippen LogP contribution is 2.35. The van der Waals surface area contributed by atoms with Crippen LogP contribution in [0.25, 0.3) is 10.6 Å². The maximum Gasteiger partial charge on any atom is 0.266 e. The Morgan fingerprint density at radius 2 is 2.08 bits per heavy atom. The van der Waals surface area contributed by atoms with Crippen LogP contribution in [0, 0.1) is 6.92 Å². The van der Waals surface area contributed by atoms with Gasteiger partial charge in [-0.15, -0.1) is 11.3 Å². The van der Waals surface area contributed by atoms with Gasteiger partial charge in [-0.25, -0.2) is 4.98 Å². The molecule has 1 aromatic heterocycles. The number of hydrogen-bond donors (Lipinski definition) is 1. The first-order valence-electron chi connectivity index (χ1n) is 8.26. The monoisotopic (exact) mass is 361 g/mol. The van der Waals surface area contributed by atoms with Crippen molar-refractivity contribution in [2.24, 2.45) is 0 Å². The van der Waals surface area contributed by atoms with Crippen molar-refractivity contribution in [1.82, 2.24) is 15.2 Å². The van der Waals surface area contributed by atoms with Gasteiger partial charge in [0.15, 0.2) is 11.5 Å². The Bertz CT molecular complexity index is 775. The van der Waals surface area contributed by atoms with Gasteiger partial charge in [0.2, 0.25) is 0 Å². The van der Waals surface area contributed by atoms with Crippen molar-refractivity contribution in [2.45, 2.75) is 19.9 Å². The quantitative estimate of drug-likeness (QED) is 0.907. The van der Waals surface area contributed by atoms with Gasteiger partial charge in [-0.3, -0.25) is 4.79 Å². The van der Waals surface area contributed by atoms with Gasteiger partial charge in [0.05, 0.1) is 19.9 Å². The Kier molecular flexibility index (Phi) is 5.24. The van der Waals surface area contributed by atoms with Crippen molar-refractivity contribution in [3.05, 3.63) is 28.8 Å². The van der Waals surface area contributed by atoms with Crippen molar-refractivity contribution in [2.75, 3.05) is 33.9 Å². The van der Waals surface area contributed by atoms with Gasteiger partial charge in [-0.1, -0.05) is 0 Å². The maximum absolute atomic E-state index is 12.9. The van der Waals surface area contributed by atoms with Gasteiger partial charge in [0.1, 0.15) is 9.88 Å². The molecule has 1 N–H and O–H groups in total. The van der Waals surface area contributed by atoms with Crippen LogP contribution in [-0.4, -0.2) is 55.7 Å². The van der Waals surface area contributed by atoms with Gasteiger partial charge < -0.3 is 19.7 Å². The van der Waals surface area contributed by atoms with Crippen molar-refractivity contribution in [3.8, 4) is 22.1 Å². The molecule has 1 atom stereocenters. The molecule has 0 bridgehead atoms. The second-order valence-corrected chi connectivity index (χ2v) is 7.05. The highest BCUT2D eigenvalue weighted by molar-refractivity contribution is 7.17. The van der Waals surface area contributed by atoms with Gasteiger partial charge >= 0.3 is 0 Å². The molecule has 0 spiro atoms. The lowest BCUT2D eigenvalue weighted by atomic mass is 10.2. The molecule has 1 aromatic carbocycles. The number of nitrogens with zero attached hydrogens (tertiary/aromatic N) is 2. The van der Waals surface area contributed by atoms with E-state index in [2.05, 4.69) is 17.2 Å². The van der Waals surface area contributed by atoms with Crippen LogP contribution in [0.15, 0.2) is 18.2 Å². The summed E-state index contributed by atoms with van der Waals surface area (Å²) in [6, 6.07) is 5.86. The number of rotatable bonds is 4. The number of methoxy groups -OCH3 is 2. The third kappa shape index (κ3) is 3.48. The normalized spacial score (nSPS) is 17.4. The molecule has 3 rings (SSSR count). The number of aryl methyl sites for hydroxylation is 1. The summed E-state index contributed by atoms with van der Waals surface area (Å²) in [7, 11) is 3.21. The summed E-state index contributed by atoms with van der Waals surface area (Å²) in [6.45, 7) is 6.34. The summed E-state index contributed by atoms with van der Waals surface area (Å²) < 4.78 is 10.6. The van der Waals surface area contributed by atoms with Crippen LogP contribution in [0.5, 0.6) is 11.5 Å². The summed E-state index contributed by atoms with van der Waals surface area (Å²) in [5.74, 6) is 1.39. The average Bonchev–Trinajstić information content (AvgIpc) is 3.02. The fourth-order valence-electron chi connectivity index (χ4n) is 2.96. The van der Waals surface area contributed by atoms with E-state index in [-0.39, 0.29) is 11.9 Å².